The molecule has 1 aliphatic heterocycles. The fourth-order valence-corrected chi connectivity index (χ4v) is 5.08. The number of nitrogens with zero attached hydrogens (tertiary/aromatic N) is 2. The lowest BCUT2D eigenvalue weighted by Crippen LogP contribution is -2.65. The van der Waals surface area contributed by atoms with Gasteiger partial charge in [0.15, 0.2) is 10.9 Å². The first kappa shape index (κ1) is 16.2. The lowest BCUT2D eigenvalue weighted by atomic mass is 9.72. The Morgan fingerprint density at radius 2 is 2.22 bits per heavy atom. The van der Waals surface area contributed by atoms with Gasteiger partial charge in [0.05, 0.1) is 5.92 Å². The summed E-state index contributed by atoms with van der Waals surface area (Å²) >= 11 is 2.98. The fourth-order valence-electron chi connectivity index (χ4n) is 2.94. The second kappa shape index (κ2) is 6.09. The minimum absolute atomic E-state index is 0.0593. The molecular weight excluding hydrogens is 332 g/mol. The molecule has 3 atom stereocenters. The third-order valence-corrected chi connectivity index (χ3v) is 6.59. The fraction of sp³-hybridized carbons (Fsp3) is 0.467. The minimum Gasteiger partial charge on any atom is -0.375 e. The van der Waals surface area contributed by atoms with Gasteiger partial charge in [-0.1, -0.05) is 11.1 Å². The monoisotopic (exact) mass is 350 g/mol. The molecule has 0 bridgehead atoms. The molecule has 1 unspecified atom stereocenters. The maximum atomic E-state index is 12.5. The van der Waals surface area contributed by atoms with E-state index in [1.165, 1.54) is 24.0 Å². The maximum Gasteiger partial charge on any atom is 0.272 e. The lowest BCUT2D eigenvalue weighted by molar-refractivity contribution is -0.133. The van der Waals surface area contributed by atoms with E-state index < -0.39 is 6.04 Å². The number of allylic oxidation sites excluding steroid dienone is 1. The molecule has 1 saturated carbocycles. The predicted molar refractivity (Wildman–Crippen MR) is 94.0 cm³/mol. The molecule has 0 saturated heterocycles. The molecular formula is C15H18N4O2S2. The highest BCUT2D eigenvalue weighted by Crippen LogP contribution is 2.45. The highest BCUT2D eigenvalue weighted by atomic mass is 32.2. The molecule has 0 spiro atoms. The number of amides is 1. The highest BCUT2D eigenvalue weighted by Gasteiger charge is 2.53. The average Bonchev–Trinajstić information content (AvgIpc) is 2.94. The first-order valence-electron chi connectivity index (χ1n) is 7.24. The Labute approximate surface area is 142 Å². The third-order valence-electron chi connectivity index (χ3n) is 4.39. The highest BCUT2D eigenvalue weighted by molar-refractivity contribution is 8.00. The number of rotatable bonds is 3. The minimum atomic E-state index is -0.451. The summed E-state index contributed by atoms with van der Waals surface area (Å²) in [6, 6.07) is -0.451. The molecule has 3 rings (SSSR count). The van der Waals surface area contributed by atoms with Crippen molar-refractivity contribution < 1.29 is 9.59 Å². The number of carbonyl (C=O) groups excluding carboxylic acids is 2. The number of thioether (sulfide) groups is 1. The number of carbonyl (C=O) groups is 2. The van der Waals surface area contributed by atoms with Crippen molar-refractivity contribution in [2.24, 2.45) is 10.9 Å². The van der Waals surface area contributed by atoms with E-state index in [0.29, 0.717) is 10.8 Å². The number of aromatic nitrogens is 1. The van der Waals surface area contributed by atoms with Crippen molar-refractivity contribution in [2.75, 3.05) is 18.5 Å². The van der Waals surface area contributed by atoms with E-state index in [9.17, 15) is 9.59 Å². The summed E-state index contributed by atoms with van der Waals surface area (Å²) in [5, 5.41) is 5.01. The van der Waals surface area contributed by atoms with Crippen LogP contribution in [0.2, 0.25) is 0 Å². The molecule has 0 aromatic carbocycles. The summed E-state index contributed by atoms with van der Waals surface area (Å²) in [5.41, 5.74) is 8.68. The van der Waals surface area contributed by atoms with Gasteiger partial charge in [-0.25, -0.2) is 4.98 Å². The van der Waals surface area contributed by atoms with Crippen LogP contribution in [0, 0.1) is 5.92 Å². The predicted octanol–water partition coefficient (Wildman–Crippen LogP) is 1.28. The van der Waals surface area contributed by atoms with E-state index in [0.717, 1.165) is 11.3 Å². The molecule has 3 N–H and O–H groups in total. The number of hydrogen-bond donors (Lipinski definition) is 2. The summed E-state index contributed by atoms with van der Waals surface area (Å²) in [6.07, 6.45) is 0. The molecule has 0 radical (unpaired) electrons. The molecule has 122 valence electrons. The van der Waals surface area contributed by atoms with Gasteiger partial charge in [0.25, 0.3) is 5.91 Å². The number of anilines is 1. The van der Waals surface area contributed by atoms with Gasteiger partial charge in [-0.3, -0.25) is 14.6 Å². The molecule has 6 nitrogen and oxygen atoms in total. The van der Waals surface area contributed by atoms with E-state index in [1.807, 2.05) is 6.92 Å². The van der Waals surface area contributed by atoms with Gasteiger partial charge in [-0.15, -0.1) is 11.3 Å². The maximum absolute atomic E-state index is 12.5. The number of nitrogens with two attached hydrogens (primary N) is 1. The first-order valence-corrected chi connectivity index (χ1v) is 9.17. The molecule has 1 amide bonds. The van der Waals surface area contributed by atoms with Crippen LogP contribution in [0.4, 0.5) is 5.13 Å². The van der Waals surface area contributed by atoms with Crippen molar-refractivity contribution in [3.05, 3.63) is 22.2 Å². The van der Waals surface area contributed by atoms with Crippen LogP contribution >= 0.6 is 23.1 Å². The van der Waals surface area contributed by atoms with Crippen LogP contribution in [0.3, 0.4) is 0 Å². The van der Waals surface area contributed by atoms with Crippen LogP contribution < -0.4 is 11.1 Å². The Bertz CT molecular complexity index is 738. The van der Waals surface area contributed by atoms with E-state index in [2.05, 4.69) is 22.2 Å². The Morgan fingerprint density at radius 3 is 2.83 bits per heavy atom. The van der Waals surface area contributed by atoms with Crippen LogP contribution in [0.25, 0.3) is 0 Å². The Morgan fingerprint density at radius 1 is 1.48 bits per heavy atom. The topological polar surface area (TPSA) is 97.4 Å². The second-order valence-electron chi connectivity index (χ2n) is 5.71. The van der Waals surface area contributed by atoms with Gasteiger partial charge in [0, 0.05) is 23.4 Å². The zero-order chi connectivity index (χ0) is 16.7. The normalized spacial score (nSPS) is 27.5. The van der Waals surface area contributed by atoms with Crippen LogP contribution in [0.5, 0.6) is 0 Å². The number of Topliss-reactive ketones (excluding diaryl/α,β-unsaturated/α-hetero) is 1. The summed E-state index contributed by atoms with van der Waals surface area (Å²) in [5.74, 6) is 0.556. The van der Waals surface area contributed by atoms with Crippen LogP contribution in [-0.2, 0) is 9.59 Å². The van der Waals surface area contributed by atoms with E-state index in [1.54, 1.807) is 17.1 Å². The van der Waals surface area contributed by atoms with Crippen LogP contribution in [-0.4, -0.2) is 46.5 Å². The van der Waals surface area contributed by atoms with Crippen LogP contribution in [0.1, 0.15) is 19.5 Å². The molecule has 1 aromatic heterocycles. The van der Waals surface area contributed by atoms with Crippen LogP contribution in [0.15, 0.2) is 21.5 Å². The number of ketones is 1. The van der Waals surface area contributed by atoms with Crippen molar-refractivity contribution in [1.29, 1.82) is 0 Å². The van der Waals surface area contributed by atoms with Crippen molar-refractivity contribution in [2.45, 2.75) is 25.1 Å². The number of nitrogen functional groups attached to an aromatic ring is 1. The van der Waals surface area contributed by atoms with Crippen molar-refractivity contribution >= 4 is 45.6 Å². The van der Waals surface area contributed by atoms with Gasteiger partial charge in [-0.2, -0.15) is 11.8 Å². The molecule has 2 aliphatic rings. The molecule has 1 fully saturated rings. The first-order chi connectivity index (χ1) is 10.9. The zero-order valence-corrected chi connectivity index (χ0v) is 14.8. The SMILES string of the molecule is CN=C(C(=O)N[C@@H]1C(=O)C2C(C)=C(C)CS[C@@H]21)c1csc(N)n1. The van der Waals surface area contributed by atoms with E-state index in [-0.39, 0.29) is 28.6 Å². The molecule has 1 aliphatic carbocycles. The van der Waals surface area contributed by atoms with Gasteiger partial charge in [-0.05, 0) is 13.8 Å². The molecule has 8 heteroatoms. The Kier molecular flexibility index (Phi) is 4.29. The average molecular weight is 350 g/mol. The van der Waals surface area contributed by atoms with Crippen molar-refractivity contribution in [3.8, 4) is 0 Å². The molecule has 1 aromatic rings. The number of thiazole rings is 1. The quantitative estimate of drug-likeness (QED) is 0.632. The summed E-state index contributed by atoms with van der Waals surface area (Å²) in [7, 11) is 1.53. The van der Waals surface area contributed by atoms with E-state index >= 15 is 0 Å². The van der Waals surface area contributed by atoms with Gasteiger partial charge in [0.2, 0.25) is 0 Å². The number of fused-ring (bicyclic) bond motifs is 1. The number of nitrogens with one attached hydrogen (secondary N) is 1. The van der Waals surface area contributed by atoms with Crippen molar-refractivity contribution in [3.63, 3.8) is 0 Å². The Hall–Kier alpha value is -1.67. The standard InChI is InChI=1S/C15H18N4O2S2/c1-6-4-22-13-9(7(6)2)12(20)11(13)19-14(21)10(17-3)8-5-23-15(16)18-8/h5,9,11,13H,4H2,1-3H3,(H2,16,18)(H,19,21)/t9?,11-,13+/m1/s1. The van der Waals surface area contributed by atoms with Gasteiger partial charge < -0.3 is 11.1 Å². The number of hydrogen-bond acceptors (Lipinski definition) is 7. The largest absolute Gasteiger partial charge is 0.375 e. The summed E-state index contributed by atoms with van der Waals surface area (Å²) < 4.78 is 0. The van der Waals surface area contributed by atoms with Crippen molar-refractivity contribution in [1.82, 2.24) is 10.3 Å². The molecule has 23 heavy (non-hydrogen) atoms. The van der Waals surface area contributed by atoms with Gasteiger partial charge in [0.1, 0.15) is 17.4 Å². The number of aliphatic imine (C=N–C) groups is 1. The zero-order valence-electron chi connectivity index (χ0n) is 13.1. The molecule has 2 heterocycles. The van der Waals surface area contributed by atoms with Gasteiger partial charge >= 0.3 is 0 Å². The summed E-state index contributed by atoms with van der Waals surface area (Å²) in [6.45, 7) is 4.08. The third kappa shape index (κ3) is 2.70. The van der Waals surface area contributed by atoms with E-state index in [4.69, 9.17) is 5.73 Å². The smallest absolute Gasteiger partial charge is 0.272 e. The second-order valence-corrected chi connectivity index (χ2v) is 7.77. The Balaban J connectivity index is 1.73. The summed E-state index contributed by atoms with van der Waals surface area (Å²) in [4.78, 5) is 33.0. The lowest BCUT2D eigenvalue weighted by Gasteiger charge is -2.46.